The molecule has 0 aliphatic carbocycles. The Morgan fingerprint density at radius 2 is 1.84 bits per heavy atom. The van der Waals surface area contributed by atoms with Crippen LogP contribution in [0.2, 0.25) is 0 Å². The maximum absolute atomic E-state index is 15.3. The zero-order chi connectivity index (χ0) is 26.7. The lowest BCUT2D eigenvalue weighted by Crippen LogP contribution is -2.42. The van der Waals surface area contributed by atoms with Crippen molar-refractivity contribution < 1.29 is 28.1 Å². The quantitative estimate of drug-likeness (QED) is 0.437. The summed E-state index contributed by atoms with van der Waals surface area (Å²) < 4.78 is 50.8. The van der Waals surface area contributed by atoms with Gasteiger partial charge in [0.15, 0.2) is 5.82 Å². The Labute approximate surface area is 212 Å². The number of halogens is 3. The highest BCUT2D eigenvalue weighted by atomic mass is 19.3. The Bertz CT molecular complexity index is 1340. The molecule has 0 amide bonds. The van der Waals surface area contributed by atoms with Crippen molar-refractivity contribution in [1.82, 2.24) is 15.2 Å². The number of aromatic hydroxyl groups is 1. The van der Waals surface area contributed by atoms with Gasteiger partial charge < -0.3 is 25.2 Å². The maximum Gasteiger partial charge on any atom is 0.303 e. The van der Waals surface area contributed by atoms with Crippen LogP contribution in [0.4, 0.5) is 24.7 Å². The molecule has 11 heteroatoms. The average Bonchev–Trinajstić information content (AvgIpc) is 3.17. The first-order valence-corrected chi connectivity index (χ1v) is 12.3. The molecule has 3 atom stereocenters. The van der Waals surface area contributed by atoms with Crippen LogP contribution >= 0.6 is 0 Å². The molecule has 5 rings (SSSR count). The Kier molecular flexibility index (Phi) is 6.18. The number of morpholine rings is 1. The predicted molar refractivity (Wildman–Crippen MR) is 132 cm³/mol. The molecule has 1 aromatic carbocycles. The third-order valence-electron chi connectivity index (χ3n) is 7.22. The normalized spacial score (nSPS) is 20.9. The minimum Gasteiger partial charge on any atom is -0.492 e. The van der Waals surface area contributed by atoms with E-state index in [-0.39, 0.29) is 29.5 Å². The van der Waals surface area contributed by atoms with Crippen LogP contribution in [-0.4, -0.2) is 56.3 Å². The summed E-state index contributed by atoms with van der Waals surface area (Å²) in [6, 6.07) is 4.69. The second-order valence-electron chi connectivity index (χ2n) is 10.4. The van der Waals surface area contributed by atoms with Gasteiger partial charge in [-0.2, -0.15) is 13.9 Å². The van der Waals surface area contributed by atoms with E-state index in [4.69, 9.17) is 4.74 Å². The summed E-state index contributed by atoms with van der Waals surface area (Å²) in [6.07, 6.45) is 2.13. The Morgan fingerprint density at radius 1 is 1.16 bits per heavy atom. The van der Waals surface area contributed by atoms with E-state index in [1.165, 1.54) is 12.1 Å². The number of nitrogens with one attached hydrogen (secondary N) is 1. The van der Waals surface area contributed by atoms with E-state index in [9.17, 15) is 19.0 Å². The molecule has 0 saturated carbocycles. The molecule has 4 heterocycles. The molecule has 3 N–H and O–H groups in total. The largest absolute Gasteiger partial charge is 0.492 e. The summed E-state index contributed by atoms with van der Waals surface area (Å²) in [6.45, 7) is 6.46. The van der Waals surface area contributed by atoms with Crippen molar-refractivity contribution in [3.05, 3.63) is 46.9 Å². The molecule has 2 fully saturated rings. The highest BCUT2D eigenvalue weighted by Crippen LogP contribution is 2.42. The van der Waals surface area contributed by atoms with Gasteiger partial charge in [0, 0.05) is 24.0 Å². The summed E-state index contributed by atoms with van der Waals surface area (Å²) in [5, 5.41) is 32.7. The molecular formula is C26H30F3N5O3. The van der Waals surface area contributed by atoms with Crippen molar-refractivity contribution in [3.63, 3.8) is 0 Å². The van der Waals surface area contributed by atoms with Gasteiger partial charge in [0.1, 0.15) is 22.6 Å². The molecule has 2 aromatic heterocycles. The Morgan fingerprint density at radius 3 is 2.49 bits per heavy atom. The summed E-state index contributed by atoms with van der Waals surface area (Å²) in [7, 11) is 0. The van der Waals surface area contributed by atoms with E-state index in [0.29, 0.717) is 35.4 Å². The van der Waals surface area contributed by atoms with Gasteiger partial charge in [0.2, 0.25) is 5.88 Å². The lowest BCUT2D eigenvalue weighted by Gasteiger charge is -2.34. The van der Waals surface area contributed by atoms with Gasteiger partial charge in [0.25, 0.3) is 0 Å². The summed E-state index contributed by atoms with van der Waals surface area (Å²) in [5.41, 5.74) is -1.91. The van der Waals surface area contributed by atoms with Gasteiger partial charge in [-0.15, -0.1) is 5.10 Å². The van der Waals surface area contributed by atoms with Gasteiger partial charge >= 0.3 is 5.92 Å². The SMILES string of the molecule is Cc1nnc(N[C@H](C)c2cccc(C(F)(F)C(C)(C)O)c2F)c2cc(N3CC4CCC(C3)O4)c(O)nc12. The van der Waals surface area contributed by atoms with E-state index in [2.05, 4.69) is 20.5 Å². The number of hydrogen-bond acceptors (Lipinski definition) is 8. The van der Waals surface area contributed by atoms with Crippen LogP contribution in [0.3, 0.4) is 0 Å². The van der Waals surface area contributed by atoms with Crippen molar-refractivity contribution in [2.24, 2.45) is 0 Å². The number of benzene rings is 1. The van der Waals surface area contributed by atoms with Crippen LogP contribution in [0.25, 0.3) is 10.9 Å². The minimum atomic E-state index is -3.81. The summed E-state index contributed by atoms with van der Waals surface area (Å²) in [5.74, 6) is -4.77. The lowest BCUT2D eigenvalue weighted by molar-refractivity contribution is -0.170. The Hall–Kier alpha value is -3.18. The van der Waals surface area contributed by atoms with Crippen molar-refractivity contribution in [1.29, 1.82) is 0 Å². The first-order chi connectivity index (χ1) is 17.4. The van der Waals surface area contributed by atoms with Gasteiger partial charge in [-0.25, -0.2) is 9.37 Å². The molecule has 8 nitrogen and oxygen atoms in total. The third kappa shape index (κ3) is 4.44. The number of hydrogen-bond donors (Lipinski definition) is 3. The van der Waals surface area contributed by atoms with Gasteiger partial charge in [-0.3, -0.25) is 0 Å². The molecule has 2 aliphatic rings. The number of ether oxygens (including phenoxy) is 1. The molecule has 3 aromatic rings. The third-order valence-corrected chi connectivity index (χ3v) is 7.22. The summed E-state index contributed by atoms with van der Waals surface area (Å²) >= 11 is 0. The van der Waals surface area contributed by atoms with Gasteiger partial charge in [-0.1, -0.05) is 12.1 Å². The number of aromatic nitrogens is 3. The molecule has 2 aliphatic heterocycles. The number of anilines is 2. The maximum atomic E-state index is 15.3. The lowest BCUT2D eigenvalue weighted by atomic mass is 9.91. The van der Waals surface area contributed by atoms with Crippen LogP contribution in [0.15, 0.2) is 24.3 Å². The zero-order valence-corrected chi connectivity index (χ0v) is 21.1. The zero-order valence-electron chi connectivity index (χ0n) is 21.1. The highest BCUT2D eigenvalue weighted by molar-refractivity contribution is 5.93. The summed E-state index contributed by atoms with van der Waals surface area (Å²) in [4.78, 5) is 6.42. The second kappa shape index (κ2) is 8.98. The van der Waals surface area contributed by atoms with E-state index in [0.717, 1.165) is 32.8 Å². The fourth-order valence-corrected chi connectivity index (χ4v) is 5.07. The van der Waals surface area contributed by atoms with Crippen molar-refractivity contribution in [2.75, 3.05) is 23.3 Å². The van der Waals surface area contributed by atoms with Crippen LogP contribution in [0, 0.1) is 12.7 Å². The molecule has 2 bridgehead atoms. The molecule has 0 spiro atoms. The highest BCUT2D eigenvalue weighted by Gasteiger charge is 2.49. The first-order valence-electron chi connectivity index (χ1n) is 12.3. The van der Waals surface area contributed by atoms with Crippen LogP contribution in [0.5, 0.6) is 5.88 Å². The van der Waals surface area contributed by atoms with Crippen LogP contribution < -0.4 is 10.2 Å². The number of fused-ring (bicyclic) bond motifs is 3. The van der Waals surface area contributed by atoms with E-state index in [1.807, 2.05) is 4.90 Å². The molecule has 2 unspecified atom stereocenters. The van der Waals surface area contributed by atoms with Crippen LogP contribution in [0.1, 0.15) is 56.5 Å². The number of aryl methyl sites for hydroxylation is 1. The number of aliphatic hydroxyl groups is 1. The number of nitrogens with zero attached hydrogens (tertiary/aromatic N) is 4. The van der Waals surface area contributed by atoms with Crippen molar-refractivity contribution in [2.45, 2.75) is 70.3 Å². The molecule has 198 valence electrons. The first kappa shape index (κ1) is 25.5. The predicted octanol–water partition coefficient (Wildman–Crippen LogP) is 4.58. The van der Waals surface area contributed by atoms with Crippen molar-refractivity contribution in [3.8, 4) is 5.88 Å². The topological polar surface area (TPSA) is 104 Å². The standard InChI is InChI=1S/C26H30F3N5O3/c1-13(17-6-5-7-19(21(17)27)26(28,29)25(3,4)36)30-23-18-10-20(24(35)31-22(18)14(2)32-33-23)34-11-15-8-9-16(12-34)37-15/h5-7,10,13,15-16,36H,8-9,11-12H2,1-4H3,(H,30,33)(H,31,35)/t13-,15?,16?/m1/s1. The van der Waals surface area contributed by atoms with Gasteiger partial charge in [0.05, 0.1) is 29.5 Å². The fraction of sp³-hybridized carbons (Fsp3) is 0.500. The smallest absolute Gasteiger partial charge is 0.303 e. The van der Waals surface area contributed by atoms with Crippen molar-refractivity contribution >= 4 is 22.4 Å². The number of alkyl halides is 2. The average molecular weight is 518 g/mol. The molecule has 37 heavy (non-hydrogen) atoms. The van der Waals surface area contributed by atoms with Crippen LogP contribution in [-0.2, 0) is 10.7 Å². The molecule has 2 saturated heterocycles. The van der Waals surface area contributed by atoms with E-state index >= 15 is 4.39 Å². The molecule has 0 radical (unpaired) electrons. The fourth-order valence-electron chi connectivity index (χ4n) is 5.07. The Balaban J connectivity index is 1.51. The van der Waals surface area contributed by atoms with E-state index in [1.54, 1.807) is 19.9 Å². The number of rotatable bonds is 6. The minimum absolute atomic E-state index is 0.0198. The monoisotopic (exact) mass is 517 g/mol. The second-order valence-corrected chi connectivity index (χ2v) is 10.4. The number of pyridine rings is 1. The van der Waals surface area contributed by atoms with Gasteiger partial charge in [-0.05, 0) is 52.7 Å². The molecular weight excluding hydrogens is 487 g/mol. The van der Waals surface area contributed by atoms with E-state index < -0.39 is 28.9 Å².